The van der Waals surface area contributed by atoms with E-state index in [1.807, 2.05) is 6.07 Å². The highest BCUT2D eigenvalue weighted by molar-refractivity contribution is 7.89. The van der Waals surface area contributed by atoms with Crippen molar-refractivity contribution < 1.29 is 8.42 Å². The van der Waals surface area contributed by atoms with Crippen molar-refractivity contribution in [2.45, 2.75) is 24.8 Å². The van der Waals surface area contributed by atoms with Gasteiger partial charge in [0.25, 0.3) is 0 Å². The van der Waals surface area contributed by atoms with Crippen molar-refractivity contribution in [2.75, 3.05) is 5.32 Å². The molecule has 0 saturated carbocycles. The topological polar surface area (TPSA) is 72.2 Å². The summed E-state index contributed by atoms with van der Waals surface area (Å²) < 4.78 is 22.5. The number of hydrogen-bond donors (Lipinski definition) is 2. The van der Waals surface area contributed by atoms with Gasteiger partial charge in [0, 0.05) is 22.0 Å². The van der Waals surface area contributed by atoms with E-state index in [-0.39, 0.29) is 4.90 Å². The Morgan fingerprint density at radius 2 is 1.95 bits per heavy atom. The summed E-state index contributed by atoms with van der Waals surface area (Å²) in [5, 5.41) is 8.30. The average molecular weight is 296 g/mol. The van der Waals surface area contributed by atoms with Crippen LogP contribution in [0.3, 0.4) is 0 Å². The lowest BCUT2D eigenvalue weighted by Gasteiger charge is -2.06. The average Bonchev–Trinajstić information content (AvgIpc) is 2.84. The minimum Gasteiger partial charge on any atom is -0.380 e. The van der Waals surface area contributed by atoms with Crippen LogP contribution in [0.25, 0.3) is 0 Å². The predicted octanol–water partition coefficient (Wildman–Crippen LogP) is 2.57. The van der Waals surface area contributed by atoms with Gasteiger partial charge in [0.15, 0.2) is 0 Å². The van der Waals surface area contributed by atoms with E-state index in [4.69, 9.17) is 5.14 Å². The largest absolute Gasteiger partial charge is 0.380 e. The van der Waals surface area contributed by atoms with Crippen molar-refractivity contribution in [3.05, 3.63) is 46.2 Å². The highest BCUT2D eigenvalue weighted by atomic mass is 32.2. The smallest absolute Gasteiger partial charge is 0.238 e. The zero-order chi connectivity index (χ0) is 13.9. The first-order valence-corrected chi connectivity index (χ1v) is 8.29. The van der Waals surface area contributed by atoms with Crippen LogP contribution in [0.5, 0.6) is 0 Å². The van der Waals surface area contributed by atoms with Crippen LogP contribution in [0.1, 0.15) is 16.7 Å². The number of nitrogens with two attached hydrogens (primary N) is 1. The normalized spacial score (nSPS) is 11.5. The fourth-order valence-electron chi connectivity index (χ4n) is 1.68. The van der Waals surface area contributed by atoms with Gasteiger partial charge in [-0.3, -0.25) is 0 Å². The summed E-state index contributed by atoms with van der Waals surface area (Å²) in [5.41, 5.74) is 0.748. The molecule has 0 amide bonds. The van der Waals surface area contributed by atoms with E-state index in [2.05, 4.69) is 24.4 Å². The maximum absolute atomic E-state index is 11.3. The van der Waals surface area contributed by atoms with E-state index in [1.165, 1.54) is 15.8 Å². The monoisotopic (exact) mass is 296 g/mol. The molecule has 1 aromatic heterocycles. The van der Waals surface area contributed by atoms with Crippen LogP contribution in [0.15, 0.2) is 41.3 Å². The molecule has 102 valence electrons. The number of thiophene rings is 1. The van der Waals surface area contributed by atoms with Crippen molar-refractivity contribution in [1.29, 1.82) is 0 Å². The quantitative estimate of drug-likeness (QED) is 0.890. The summed E-state index contributed by atoms with van der Waals surface area (Å²) in [6.07, 6.45) is 1.03. The first kappa shape index (κ1) is 14.0. The van der Waals surface area contributed by atoms with Crippen LogP contribution >= 0.6 is 11.3 Å². The number of nitrogens with one attached hydrogen (secondary N) is 1. The highest BCUT2D eigenvalue weighted by Crippen LogP contribution is 2.19. The van der Waals surface area contributed by atoms with Gasteiger partial charge in [-0.1, -0.05) is 13.0 Å². The van der Waals surface area contributed by atoms with Crippen LogP contribution in [-0.2, 0) is 23.0 Å². The van der Waals surface area contributed by atoms with Gasteiger partial charge in [-0.2, -0.15) is 0 Å². The summed E-state index contributed by atoms with van der Waals surface area (Å²) in [7, 11) is -3.65. The summed E-state index contributed by atoms with van der Waals surface area (Å²) in [6.45, 7) is 2.80. The van der Waals surface area contributed by atoms with E-state index in [0.29, 0.717) is 6.54 Å². The van der Waals surface area contributed by atoms with Crippen LogP contribution in [0.4, 0.5) is 5.69 Å². The molecule has 0 atom stereocenters. The van der Waals surface area contributed by atoms with Gasteiger partial charge in [-0.15, -0.1) is 11.3 Å². The number of rotatable bonds is 5. The fraction of sp³-hybridized carbons (Fsp3) is 0.231. The summed E-state index contributed by atoms with van der Waals surface area (Å²) in [5.74, 6) is 0. The maximum Gasteiger partial charge on any atom is 0.238 e. The molecule has 19 heavy (non-hydrogen) atoms. The molecular formula is C13H16N2O2S2. The van der Waals surface area contributed by atoms with Gasteiger partial charge in [-0.25, -0.2) is 13.6 Å². The number of aryl methyl sites for hydroxylation is 1. The third-order valence-electron chi connectivity index (χ3n) is 2.70. The lowest BCUT2D eigenvalue weighted by atomic mass is 10.3. The molecule has 0 aliphatic rings. The maximum atomic E-state index is 11.3. The lowest BCUT2D eigenvalue weighted by Crippen LogP contribution is -2.12. The Kier molecular flexibility index (Phi) is 4.24. The molecule has 0 spiro atoms. The van der Waals surface area contributed by atoms with E-state index in [9.17, 15) is 8.42 Å². The van der Waals surface area contributed by atoms with Crippen molar-refractivity contribution in [3.63, 3.8) is 0 Å². The van der Waals surface area contributed by atoms with Gasteiger partial charge >= 0.3 is 0 Å². The van der Waals surface area contributed by atoms with Gasteiger partial charge in [-0.05, 0) is 36.8 Å². The van der Waals surface area contributed by atoms with E-state index >= 15 is 0 Å². The number of anilines is 1. The molecule has 6 heteroatoms. The second-order valence-electron chi connectivity index (χ2n) is 4.15. The summed E-state index contributed by atoms with van der Waals surface area (Å²) in [4.78, 5) is 2.69. The second kappa shape index (κ2) is 5.73. The number of benzene rings is 1. The zero-order valence-electron chi connectivity index (χ0n) is 10.6. The molecule has 0 aliphatic carbocycles. The molecule has 2 rings (SSSR count). The van der Waals surface area contributed by atoms with E-state index in [1.54, 1.807) is 23.5 Å². The summed E-state index contributed by atoms with van der Waals surface area (Å²) in [6, 6.07) is 10.7. The summed E-state index contributed by atoms with van der Waals surface area (Å²) >= 11 is 1.76. The molecule has 0 aliphatic heterocycles. The molecule has 1 heterocycles. The zero-order valence-corrected chi connectivity index (χ0v) is 12.2. The second-order valence-corrected chi connectivity index (χ2v) is 6.96. The van der Waals surface area contributed by atoms with E-state index in [0.717, 1.165) is 12.1 Å². The Bertz CT molecular complexity index is 663. The Labute approximate surface area is 117 Å². The number of primary sulfonamides is 1. The number of hydrogen-bond acceptors (Lipinski definition) is 4. The molecule has 0 fully saturated rings. The molecule has 4 nitrogen and oxygen atoms in total. The third kappa shape index (κ3) is 3.79. The third-order valence-corrected chi connectivity index (χ3v) is 4.84. The van der Waals surface area contributed by atoms with Gasteiger partial charge < -0.3 is 5.32 Å². The Hall–Kier alpha value is -1.37. The standard InChI is InChI=1S/C13H16N2O2S2/c1-2-11-6-7-12(18-11)9-15-10-4-3-5-13(8-10)19(14,16)17/h3-8,15H,2,9H2,1H3,(H2,14,16,17). The van der Waals surface area contributed by atoms with Gasteiger partial charge in [0.05, 0.1) is 4.90 Å². The Morgan fingerprint density at radius 1 is 1.21 bits per heavy atom. The molecule has 2 aromatic rings. The van der Waals surface area contributed by atoms with Crippen molar-refractivity contribution in [3.8, 4) is 0 Å². The first-order valence-electron chi connectivity index (χ1n) is 5.93. The molecular weight excluding hydrogens is 280 g/mol. The molecule has 0 unspecified atom stereocenters. The minimum absolute atomic E-state index is 0.123. The Morgan fingerprint density at radius 3 is 2.58 bits per heavy atom. The first-order chi connectivity index (χ1) is 8.99. The van der Waals surface area contributed by atoms with Gasteiger partial charge in [0.2, 0.25) is 10.0 Å². The van der Waals surface area contributed by atoms with Crippen molar-refractivity contribution >= 4 is 27.0 Å². The molecule has 0 bridgehead atoms. The lowest BCUT2D eigenvalue weighted by molar-refractivity contribution is 0.598. The molecule has 0 radical (unpaired) electrons. The van der Waals surface area contributed by atoms with Crippen LogP contribution < -0.4 is 10.5 Å². The molecule has 3 N–H and O–H groups in total. The van der Waals surface area contributed by atoms with Crippen molar-refractivity contribution in [1.82, 2.24) is 0 Å². The molecule has 1 aromatic carbocycles. The number of sulfonamides is 1. The van der Waals surface area contributed by atoms with Gasteiger partial charge in [0.1, 0.15) is 0 Å². The SMILES string of the molecule is CCc1ccc(CNc2cccc(S(N)(=O)=O)c2)s1. The minimum atomic E-state index is -3.65. The van der Waals surface area contributed by atoms with Crippen LogP contribution in [0, 0.1) is 0 Å². The Balaban J connectivity index is 2.07. The van der Waals surface area contributed by atoms with Crippen LogP contribution in [-0.4, -0.2) is 8.42 Å². The van der Waals surface area contributed by atoms with Crippen LogP contribution in [0.2, 0.25) is 0 Å². The molecule has 0 saturated heterocycles. The highest BCUT2D eigenvalue weighted by Gasteiger charge is 2.07. The predicted molar refractivity (Wildman–Crippen MR) is 78.8 cm³/mol. The fourth-order valence-corrected chi connectivity index (χ4v) is 3.14. The van der Waals surface area contributed by atoms with Crippen molar-refractivity contribution in [2.24, 2.45) is 5.14 Å². The van der Waals surface area contributed by atoms with E-state index < -0.39 is 10.0 Å².